The summed E-state index contributed by atoms with van der Waals surface area (Å²) in [4.78, 5) is 23.6. The Morgan fingerprint density at radius 3 is 2.70 bits per heavy atom. The van der Waals surface area contributed by atoms with E-state index in [4.69, 9.17) is 4.42 Å². The van der Waals surface area contributed by atoms with Crippen LogP contribution in [0.5, 0.6) is 0 Å². The maximum atomic E-state index is 11.9. The summed E-state index contributed by atoms with van der Waals surface area (Å²) in [5.41, 5.74) is 1.99. The quantitative estimate of drug-likeness (QED) is 0.768. The van der Waals surface area contributed by atoms with E-state index in [2.05, 4.69) is 24.5 Å². The van der Waals surface area contributed by atoms with Crippen LogP contribution >= 0.6 is 0 Å². The number of anilines is 1. The van der Waals surface area contributed by atoms with E-state index in [1.807, 2.05) is 24.3 Å². The van der Waals surface area contributed by atoms with E-state index in [1.54, 1.807) is 12.1 Å². The fourth-order valence-corrected chi connectivity index (χ4v) is 2.14. The lowest BCUT2D eigenvalue weighted by atomic mass is 10.0. The van der Waals surface area contributed by atoms with E-state index in [0.29, 0.717) is 25.3 Å². The van der Waals surface area contributed by atoms with E-state index in [-0.39, 0.29) is 17.6 Å². The van der Waals surface area contributed by atoms with Crippen molar-refractivity contribution < 1.29 is 14.0 Å². The number of carbonyl (C=O) groups is 2. The number of nitrogens with one attached hydrogen (secondary N) is 2. The minimum Gasteiger partial charge on any atom is -0.459 e. The SMILES string of the molecule is CC(C)c1cccc(NC(=O)CCCNC(=O)c2ccco2)c1. The second-order valence-electron chi connectivity index (χ2n) is 5.67. The van der Waals surface area contributed by atoms with Gasteiger partial charge in [0.1, 0.15) is 0 Å². The van der Waals surface area contributed by atoms with Crippen LogP contribution in [0.3, 0.4) is 0 Å². The summed E-state index contributed by atoms with van der Waals surface area (Å²) in [5, 5.41) is 5.60. The largest absolute Gasteiger partial charge is 0.459 e. The molecule has 0 bridgehead atoms. The summed E-state index contributed by atoms with van der Waals surface area (Å²) < 4.78 is 4.99. The predicted octanol–water partition coefficient (Wildman–Crippen LogP) is 3.55. The van der Waals surface area contributed by atoms with Gasteiger partial charge in [0.05, 0.1) is 6.26 Å². The Bertz CT molecular complexity index is 648. The first kappa shape index (κ1) is 16.8. The average Bonchev–Trinajstić information content (AvgIpc) is 3.06. The van der Waals surface area contributed by atoms with Gasteiger partial charge in [0.2, 0.25) is 5.91 Å². The summed E-state index contributed by atoms with van der Waals surface area (Å²) >= 11 is 0. The van der Waals surface area contributed by atoms with Crippen LogP contribution in [0, 0.1) is 0 Å². The number of carbonyl (C=O) groups excluding carboxylic acids is 2. The minimum absolute atomic E-state index is 0.0573. The van der Waals surface area contributed by atoms with Crippen molar-refractivity contribution in [3.63, 3.8) is 0 Å². The highest BCUT2D eigenvalue weighted by molar-refractivity contribution is 5.92. The van der Waals surface area contributed by atoms with Crippen molar-refractivity contribution >= 4 is 17.5 Å². The molecule has 2 N–H and O–H groups in total. The van der Waals surface area contributed by atoms with Crippen LogP contribution in [-0.4, -0.2) is 18.4 Å². The molecule has 2 aromatic rings. The molecule has 0 spiro atoms. The number of benzene rings is 1. The highest BCUT2D eigenvalue weighted by atomic mass is 16.3. The van der Waals surface area contributed by atoms with Crippen molar-refractivity contribution in [2.45, 2.75) is 32.6 Å². The molecule has 0 aliphatic carbocycles. The average molecular weight is 314 g/mol. The molecule has 0 fully saturated rings. The Kier molecular flexibility index (Phi) is 5.97. The van der Waals surface area contributed by atoms with E-state index in [1.165, 1.54) is 11.8 Å². The van der Waals surface area contributed by atoms with Gasteiger partial charge in [0.15, 0.2) is 5.76 Å². The Morgan fingerprint density at radius 2 is 2.00 bits per heavy atom. The van der Waals surface area contributed by atoms with E-state index < -0.39 is 0 Å². The molecule has 122 valence electrons. The molecule has 0 saturated heterocycles. The number of furan rings is 1. The van der Waals surface area contributed by atoms with Gasteiger partial charge in [-0.2, -0.15) is 0 Å². The second-order valence-corrected chi connectivity index (χ2v) is 5.67. The van der Waals surface area contributed by atoms with Crippen LogP contribution in [0.1, 0.15) is 48.7 Å². The first-order valence-electron chi connectivity index (χ1n) is 7.78. The number of hydrogen-bond acceptors (Lipinski definition) is 3. The molecular formula is C18H22N2O3. The zero-order valence-corrected chi connectivity index (χ0v) is 13.5. The van der Waals surface area contributed by atoms with Gasteiger partial charge in [0.25, 0.3) is 5.91 Å². The monoisotopic (exact) mass is 314 g/mol. The molecule has 1 heterocycles. The molecule has 23 heavy (non-hydrogen) atoms. The normalized spacial score (nSPS) is 10.6. The highest BCUT2D eigenvalue weighted by Crippen LogP contribution is 2.18. The predicted molar refractivity (Wildman–Crippen MR) is 89.4 cm³/mol. The minimum atomic E-state index is -0.264. The first-order chi connectivity index (χ1) is 11.1. The molecule has 0 aliphatic rings. The Hall–Kier alpha value is -2.56. The van der Waals surface area contributed by atoms with Crippen LogP contribution < -0.4 is 10.6 Å². The number of rotatable bonds is 7. The van der Waals surface area contributed by atoms with Gasteiger partial charge >= 0.3 is 0 Å². The van der Waals surface area contributed by atoms with Crippen LogP contribution in [0.4, 0.5) is 5.69 Å². The number of amides is 2. The lowest BCUT2D eigenvalue weighted by Gasteiger charge is -2.09. The van der Waals surface area contributed by atoms with Gasteiger partial charge in [-0.25, -0.2) is 0 Å². The Balaban J connectivity index is 1.71. The zero-order chi connectivity index (χ0) is 16.7. The maximum Gasteiger partial charge on any atom is 0.286 e. The molecule has 0 aliphatic heterocycles. The smallest absolute Gasteiger partial charge is 0.286 e. The molecule has 0 saturated carbocycles. The van der Waals surface area contributed by atoms with E-state index in [0.717, 1.165) is 5.69 Å². The lowest BCUT2D eigenvalue weighted by Crippen LogP contribution is -2.25. The molecule has 2 amide bonds. The van der Waals surface area contributed by atoms with Crippen LogP contribution in [0.2, 0.25) is 0 Å². The molecule has 1 aromatic heterocycles. The summed E-state index contributed by atoms with van der Waals surface area (Å²) in [7, 11) is 0. The molecule has 5 nitrogen and oxygen atoms in total. The first-order valence-corrected chi connectivity index (χ1v) is 7.78. The fourth-order valence-electron chi connectivity index (χ4n) is 2.14. The molecule has 5 heteroatoms. The fraction of sp³-hybridized carbons (Fsp3) is 0.333. The highest BCUT2D eigenvalue weighted by Gasteiger charge is 2.08. The third-order valence-corrected chi connectivity index (χ3v) is 3.45. The Morgan fingerprint density at radius 1 is 1.17 bits per heavy atom. The van der Waals surface area contributed by atoms with Gasteiger partial charge in [-0.1, -0.05) is 26.0 Å². The zero-order valence-electron chi connectivity index (χ0n) is 13.5. The van der Waals surface area contributed by atoms with Crippen molar-refractivity contribution in [3.05, 3.63) is 54.0 Å². The summed E-state index contributed by atoms with van der Waals surface area (Å²) in [6.45, 7) is 4.66. The van der Waals surface area contributed by atoms with Crippen LogP contribution in [-0.2, 0) is 4.79 Å². The van der Waals surface area contributed by atoms with Crippen molar-refractivity contribution in [1.82, 2.24) is 5.32 Å². The third-order valence-electron chi connectivity index (χ3n) is 3.45. The van der Waals surface area contributed by atoms with Gasteiger partial charge in [0, 0.05) is 18.7 Å². The lowest BCUT2D eigenvalue weighted by molar-refractivity contribution is -0.116. The molecule has 0 radical (unpaired) electrons. The van der Waals surface area contributed by atoms with Gasteiger partial charge in [-0.3, -0.25) is 9.59 Å². The summed E-state index contributed by atoms with van der Waals surface area (Å²) in [5.74, 6) is 0.377. The molecule has 0 atom stereocenters. The second kappa shape index (κ2) is 8.17. The molecule has 1 aromatic carbocycles. The summed E-state index contributed by atoms with van der Waals surface area (Å²) in [6.07, 6.45) is 2.38. The van der Waals surface area contributed by atoms with Crippen molar-refractivity contribution in [2.24, 2.45) is 0 Å². The topological polar surface area (TPSA) is 71.3 Å². The van der Waals surface area contributed by atoms with Crippen molar-refractivity contribution in [1.29, 1.82) is 0 Å². The van der Waals surface area contributed by atoms with Crippen molar-refractivity contribution in [3.8, 4) is 0 Å². The van der Waals surface area contributed by atoms with Gasteiger partial charge in [-0.05, 0) is 42.2 Å². The van der Waals surface area contributed by atoms with Crippen molar-refractivity contribution in [2.75, 3.05) is 11.9 Å². The Labute approximate surface area is 136 Å². The molecular weight excluding hydrogens is 292 g/mol. The maximum absolute atomic E-state index is 11.9. The third kappa shape index (κ3) is 5.29. The summed E-state index contributed by atoms with van der Waals surface area (Å²) in [6, 6.07) is 11.1. The van der Waals surface area contributed by atoms with Gasteiger partial charge in [-0.15, -0.1) is 0 Å². The van der Waals surface area contributed by atoms with Crippen LogP contribution in [0.25, 0.3) is 0 Å². The standard InChI is InChI=1S/C18H22N2O3/c1-13(2)14-6-3-7-15(12-14)20-17(21)9-4-10-19-18(22)16-8-5-11-23-16/h3,5-8,11-13H,4,9-10H2,1-2H3,(H,19,22)(H,20,21). The van der Waals surface area contributed by atoms with Crippen LogP contribution in [0.15, 0.2) is 47.1 Å². The number of hydrogen-bond donors (Lipinski definition) is 2. The molecule has 2 rings (SSSR count). The van der Waals surface area contributed by atoms with Gasteiger partial charge < -0.3 is 15.1 Å². The van der Waals surface area contributed by atoms with E-state index >= 15 is 0 Å². The van der Waals surface area contributed by atoms with E-state index in [9.17, 15) is 9.59 Å². The molecule has 0 unspecified atom stereocenters.